The third-order valence-electron chi connectivity index (χ3n) is 2.22. The van der Waals surface area contributed by atoms with Crippen molar-refractivity contribution < 1.29 is 4.74 Å². The summed E-state index contributed by atoms with van der Waals surface area (Å²) in [5, 5.41) is 0.537. The first kappa shape index (κ1) is 12.4. The van der Waals surface area contributed by atoms with Crippen molar-refractivity contribution in [3.05, 3.63) is 23.8 Å². The second kappa shape index (κ2) is 6.03. The Labute approximate surface area is 96.2 Å². The maximum Gasteiger partial charge on any atom is 0.0472 e. The lowest BCUT2D eigenvalue weighted by Gasteiger charge is -2.12. The molecule has 0 aliphatic heterocycles. The highest BCUT2D eigenvalue weighted by Gasteiger charge is 2.06. The fraction of sp³-hybridized carbons (Fsp3) is 0.500. The van der Waals surface area contributed by atoms with Gasteiger partial charge in [-0.15, -0.1) is 11.8 Å². The SMILES string of the molecule is COCCC(C)Sc1ccc(C)cc1N. The topological polar surface area (TPSA) is 35.2 Å². The number of aryl methyl sites for hydroxylation is 1. The maximum absolute atomic E-state index is 5.95. The van der Waals surface area contributed by atoms with Crippen LogP contribution in [-0.4, -0.2) is 19.0 Å². The molecule has 1 atom stereocenters. The van der Waals surface area contributed by atoms with E-state index in [4.69, 9.17) is 10.5 Å². The number of benzene rings is 1. The first-order chi connectivity index (χ1) is 7.13. The smallest absolute Gasteiger partial charge is 0.0472 e. The van der Waals surface area contributed by atoms with Gasteiger partial charge in [-0.1, -0.05) is 13.0 Å². The van der Waals surface area contributed by atoms with Crippen LogP contribution in [0.1, 0.15) is 18.9 Å². The van der Waals surface area contributed by atoms with Gasteiger partial charge in [-0.3, -0.25) is 0 Å². The number of ether oxygens (including phenoxy) is 1. The molecule has 15 heavy (non-hydrogen) atoms. The molecule has 0 saturated carbocycles. The van der Waals surface area contributed by atoms with E-state index in [1.807, 2.05) is 17.8 Å². The molecule has 1 aromatic rings. The first-order valence-corrected chi connectivity index (χ1v) is 6.03. The molecule has 0 heterocycles. The number of rotatable bonds is 5. The van der Waals surface area contributed by atoms with Crippen molar-refractivity contribution >= 4 is 17.4 Å². The van der Waals surface area contributed by atoms with Gasteiger partial charge < -0.3 is 10.5 Å². The molecule has 84 valence electrons. The van der Waals surface area contributed by atoms with E-state index in [-0.39, 0.29) is 0 Å². The van der Waals surface area contributed by atoms with Crippen LogP contribution in [0, 0.1) is 6.92 Å². The Bertz CT molecular complexity index is 314. The van der Waals surface area contributed by atoms with Crippen LogP contribution >= 0.6 is 11.8 Å². The summed E-state index contributed by atoms with van der Waals surface area (Å²) in [7, 11) is 1.73. The third kappa shape index (κ3) is 4.14. The molecule has 1 aromatic carbocycles. The van der Waals surface area contributed by atoms with Gasteiger partial charge in [0.05, 0.1) is 0 Å². The molecule has 0 aliphatic carbocycles. The lowest BCUT2D eigenvalue weighted by molar-refractivity contribution is 0.195. The van der Waals surface area contributed by atoms with Gasteiger partial charge in [0.25, 0.3) is 0 Å². The molecule has 0 spiro atoms. The summed E-state index contributed by atoms with van der Waals surface area (Å²) < 4.78 is 5.05. The second-order valence-corrected chi connectivity index (χ2v) is 5.23. The van der Waals surface area contributed by atoms with Crippen LogP contribution in [0.4, 0.5) is 5.69 Å². The Morgan fingerprint density at radius 2 is 2.20 bits per heavy atom. The van der Waals surface area contributed by atoms with E-state index < -0.39 is 0 Å². The Morgan fingerprint density at radius 3 is 2.80 bits per heavy atom. The van der Waals surface area contributed by atoms with E-state index in [0.29, 0.717) is 5.25 Å². The number of anilines is 1. The van der Waals surface area contributed by atoms with E-state index in [1.54, 1.807) is 7.11 Å². The van der Waals surface area contributed by atoms with Crippen molar-refractivity contribution in [2.45, 2.75) is 30.4 Å². The monoisotopic (exact) mass is 225 g/mol. The zero-order valence-corrected chi connectivity index (χ0v) is 10.4. The van der Waals surface area contributed by atoms with Gasteiger partial charge in [-0.05, 0) is 31.0 Å². The Morgan fingerprint density at radius 1 is 1.47 bits per heavy atom. The zero-order chi connectivity index (χ0) is 11.3. The summed E-state index contributed by atoms with van der Waals surface area (Å²) in [5.41, 5.74) is 8.03. The number of hydrogen-bond acceptors (Lipinski definition) is 3. The Balaban J connectivity index is 2.56. The highest BCUT2D eigenvalue weighted by atomic mass is 32.2. The molecule has 0 aromatic heterocycles. The second-order valence-electron chi connectivity index (χ2n) is 3.75. The largest absolute Gasteiger partial charge is 0.398 e. The maximum atomic E-state index is 5.95. The van der Waals surface area contributed by atoms with Crippen LogP contribution in [0.25, 0.3) is 0 Å². The number of hydrogen-bond donors (Lipinski definition) is 1. The summed E-state index contributed by atoms with van der Waals surface area (Å²) in [6.45, 7) is 5.06. The average molecular weight is 225 g/mol. The van der Waals surface area contributed by atoms with E-state index in [2.05, 4.69) is 26.0 Å². The van der Waals surface area contributed by atoms with Crippen LogP contribution in [0.15, 0.2) is 23.1 Å². The molecule has 2 N–H and O–H groups in total. The van der Waals surface area contributed by atoms with Crippen molar-refractivity contribution in [1.29, 1.82) is 0 Å². The summed E-state index contributed by atoms with van der Waals surface area (Å²) in [6.07, 6.45) is 1.05. The molecule has 0 aliphatic rings. The molecule has 0 amide bonds. The predicted octanol–water partition coefficient (Wildman–Crippen LogP) is 3.09. The van der Waals surface area contributed by atoms with Crippen LogP contribution in [0.3, 0.4) is 0 Å². The number of thioether (sulfide) groups is 1. The molecule has 3 heteroatoms. The van der Waals surface area contributed by atoms with Gasteiger partial charge in [0, 0.05) is 29.5 Å². The van der Waals surface area contributed by atoms with Gasteiger partial charge in [0.1, 0.15) is 0 Å². The van der Waals surface area contributed by atoms with Crippen molar-refractivity contribution in [2.24, 2.45) is 0 Å². The van der Waals surface area contributed by atoms with E-state index in [0.717, 1.165) is 18.7 Å². The van der Waals surface area contributed by atoms with Crippen LogP contribution in [-0.2, 0) is 4.74 Å². The molecule has 1 unspecified atom stereocenters. The van der Waals surface area contributed by atoms with Gasteiger partial charge in [0.2, 0.25) is 0 Å². The number of nitrogens with two attached hydrogens (primary N) is 1. The standard InChI is InChI=1S/C12H19NOS/c1-9-4-5-12(11(13)8-9)15-10(2)6-7-14-3/h4-5,8,10H,6-7,13H2,1-3H3. The normalized spacial score (nSPS) is 12.7. The predicted molar refractivity (Wildman–Crippen MR) is 67.4 cm³/mol. The molecular formula is C12H19NOS. The number of methoxy groups -OCH3 is 1. The van der Waals surface area contributed by atoms with Crippen molar-refractivity contribution in [1.82, 2.24) is 0 Å². The van der Waals surface area contributed by atoms with Crippen molar-refractivity contribution in [2.75, 3.05) is 19.5 Å². The summed E-state index contributed by atoms with van der Waals surface area (Å²) in [4.78, 5) is 1.17. The average Bonchev–Trinajstić information content (AvgIpc) is 2.19. The van der Waals surface area contributed by atoms with Gasteiger partial charge in [0.15, 0.2) is 0 Å². The summed E-state index contributed by atoms with van der Waals surface area (Å²) in [6, 6.07) is 6.21. The highest BCUT2D eigenvalue weighted by molar-refractivity contribution is 8.00. The van der Waals surface area contributed by atoms with Gasteiger partial charge in [-0.25, -0.2) is 0 Å². The summed E-state index contributed by atoms with van der Waals surface area (Å²) in [5.74, 6) is 0. The quantitative estimate of drug-likeness (QED) is 0.618. The fourth-order valence-corrected chi connectivity index (χ4v) is 2.32. The fourth-order valence-electron chi connectivity index (χ4n) is 1.33. The molecule has 0 bridgehead atoms. The van der Waals surface area contributed by atoms with Gasteiger partial charge >= 0.3 is 0 Å². The van der Waals surface area contributed by atoms with Crippen LogP contribution < -0.4 is 5.73 Å². The summed E-state index contributed by atoms with van der Waals surface area (Å²) >= 11 is 1.81. The molecule has 0 fully saturated rings. The Kier molecular flexibility index (Phi) is 4.99. The van der Waals surface area contributed by atoms with Gasteiger partial charge in [-0.2, -0.15) is 0 Å². The molecule has 0 radical (unpaired) electrons. The third-order valence-corrected chi connectivity index (χ3v) is 3.49. The zero-order valence-electron chi connectivity index (χ0n) is 9.62. The van der Waals surface area contributed by atoms with Crippen LogP contribution in [0.5, 0.6) is 0 Å². The highest BCUT2D eigenvalue weighted by Crippen LogP contribution is 2.30. The number of nitrogen functional groups attached to an aromatic ring is 1. The van der Waals surface area contributed by atoms with E-state index >= 15 is 0 Å². The minimum Gasteiger partial charge on any atom is -0.398 e. The van der Waals surface area contributed by atoms with Crippen molar-refractivity contribution in [3.63, 3.8) is 0 Å². The lowest BCUT2D eigenvalue weighted by Crippen LogP contribution is -2.02. The molecule has 0 saturated heterocycles. The van der Waals surface area contributed by atoms with E-state index in [1.165, 1.54) is 10.5 Å². The minimum atomic E-state index is 0.537. The molecule has 2 nitrogen and oxygen atoms in total. The minimum absolute atomic E-state index is 0.537. The molecular weight excluding hydrogens is 206 g/mol. The lowest BCUT2D eigenvalue weighted by atomic mass is 10.2. The first-order valence-electron chi connectivity index (χ1n) is 5.15. The molecule has 1 rings (SSSR count). The van der Waals surface area contributed by atoms with Crippen LogP contribution in [0.2, 0.25) is 0 Å². The Hall–Kier alpha value is -0.670. The van der Waals surface area contributed by atoms with E-state index in [9.17, 15) is 0 Å². The van der Waals surface area contributed by atoms with Crippen molar-refractivity contribution in [3.8, 4) is 0 Å².